The van der Waals surface area contributed by atoms with Gasteiger partial charge in [-0.25, -0.2) is 4.98 Å². The molecular formula is C16H23N3O3S. The second-order valence-corrected chi connectivity index (χ2v) is 7.80. The number of amides is 1. The second kappa shape index (κ2) is 6.41. The van der Waals surface area contributed by atoms with Gasteiger partial charge in [0, 0.05) is 13.6 Å². The lowest BCUT2D eigenvalue weighted by Gasteiger charge is -2.26. The molecule has 0 radical (unpaired) electrons. The first-order valence-corrected chi connectivity index (χ1v) is 8.35. The van der Waals surface area contributed by atoms with Gasteiger partial charge in [0.05, 0.1) is 22.7 Å². The number of nitrogens with zero attached hydrogens (tertiary/aromatic N) is 2. The zero-order chi connectivity index (χ0) is 17.4. The van der Waals surface area contributed by atoms with Gasteiger partial charge in [-0.2, -0.15) is 0 Å². The summed E-state index contributed by atoms with van der Waals surface area (Å²) in [7, 11) is 1.64. The monoisotopic (exact) mass is 337 g/mol. The Hall–Kier alpha value is -1.73. The fraction of sp³-hybridized carbons (Fsp3) is 0.562. The molecule has 23 heavy (non-hydrogen) atoms. The number of hydrogen-bond donors (Lipinski definition) is 2. The van der Waals surface area contributed by atoms with Gasteiger partial charge in [0.2, 0.25) is 0 Å². The Morgan fingerprint density at radius 2 is 2.17 bits per heavy atom. The zero-order valence-electron chi connectivity index (χ0n) is 14.1. The number of rotatable bonds is 5. The molecule has 2 aromatic rings. The molecule has 2 heterocycles. The minimum absolute atomic E-state index is 0.141. The quantitative estimate of drug-likeness (QED) is 0.872. The van der Waals surface area contributed by atoms with Crippen molar-refractivity contribution >= 4 is 27.5 Å². The second-order valence-electron chi connectivity index (χ2n) is 6.80. The first-order valence-electron chi connectivity index (χ1n) is 7.53. The molecule has 2 rings (SSSR count). The summed E-state index contributed by atoms with van der Waals surface area (Å²) in [4.78, 5) is 30.0. The SMILES string of the molecule is Cc1c(C(=O)NCC(C)(C)CC(C)O)sc2ncn(C)c(=O)c12. The van der Waals surface area contributed by atoms with E-state index in [0.29, 0.717) is 33.6 Å². The van der Waals surface area contributed by atoms with Crippen LogP contribution in [0.2, 0.25) is 0 Å². The average Bonchev–Trinajstić information content (AvgIpc) is 2.77. The van der Waals surface area contributed by atoms with Crippen LogP contribution in [0, 0.1) is 12.3 Å². The van der Waals surface area contributed by atoms with E-state index in [1.165, 1.54) is 22.2 Å². The summed E-state index contributed by atoms with van der Waals surface area (Å²) in [6.07, 6.45) is 1.65. The molecule has 0 spiro atoms. The van der Waals surface area contributed by atoms with Crippen molar-refractivity contribution in [3.8, 4) is 0 Å². The first kappa shape index (κ1) is 17.6. The number of aromatic nitrogens is 2. The molecule has 7 heteroatoms. The number of hydrogen-bond acceptors (Lipinski definition) is 5. The van der Waals surface area contributed by atoms with Crippen molar-refractivity contribution in [2.45, 2.75) is 40.2 Å². The van der Waals surface area contributed by atoms with Gasteiger partial charge in [0.15, 0.2) is 0 Å². The number of aliphatic hydroxyl groups is 1. The minimum Gasteiger partial charge on any atom is -0.393 e. The van der Waals surface area contributed by atoms with Gasteiger partial charge in [-0.3, -0.25) is 9.59 Å². The summed E-state index contributed by atoms with van der Waals surface area (Å²) in [5, 5.41) is 12.9. The number of carbonyl (C=O) groups excluding carboxylic acids is 1. The van der Waals surface area contributed by atoms with Crippen molar-refractivity contribution in [3.05, 3.63) is 27.1 Å². The topological polar surface area (TPSA) is 84.2 Å². The Kier molecular flexibility index (Phi) is 4.91. The summed E-state index contributed by atoms with van der Waals surface area (Å²) < 4.78 is 1.41. The van der Waals surface area contributed by atoms with E-state index in [0.717, 1.165) is 0 Å². The highest BCUT2D eigenvalue weighted by atomic mass is 32.1. The van der Waals surface area contributed by atoms with Gasteiger partial charge < -0.3 is 15.0 Å². The Morgan fingerprint density at radius 3 is 2.78 bits per heavy atom. The normalized spacial score (nSPS) is 13.3. The largest absolute Gasteiger partial charge is 0.393 e. The number of nitrogens with one attached hydrogen (secondary N) is 1. The molecule has 1 amide bonds. The first-order chi connectivity index (χ1) is 10.6. The van der Waals surface area contributed by atoms with Crippen LogP contribution in [0.1, 0.15) is 42.4 Å². The zero-order valence-corrected chi connectivity index (χ0v) is 15.0. The molecule has 0 aliphatic heterocycles. The van der Waals surface area contributed by atoms with Gasteiger partial charge in [0.1, 0.15) is 4.83 Å². The van der Waals surface area contributed by atoms with Crippen LogP contribution < -0.4 is 10.9 Å². The molecule has 0 bridgehead atoms. The van der Waals surface area contributed by atoms with Crippen LogP contribution in [0.25, 0.3) is 10.2 Å². The van der Waals surface area contributed by atoms with Crippen molar-refractivity contribution in [1.29, 1.82) is 0 Å². The molecule has 1 unspecified atom stereocenters. The maximum Gasteiger partial charge on any atom is 0.262 e. The molecule has 1 atom stereocenters. The fourth-order valence-electron chi connectivity index (χ4n) is 2.70. The number of fused-ring (bicyclic) bond motifs is 1. The molecule has 0 fully saturated rings. The Balaban J connectivity index is 2.24. The maximum absolute atomic E-state index is 12.5. The van der Waals surface area contributed by atoms with Crippen LogP contribution in [-0.2, 0) is 7.05 Å². The Morgan fingerprint density at radius 1 is 1.52 bits per heavy atom. The lowest BCUT2D eigenvalue weighted by Crippen LogP contribution is -2.35. The Labute approximate surface area is 139 Å². The summed E-state index contributed by atoms with van der Waals surface area (Å²) in [6, 6.07) is 0. The molecule has 6 nitrogen and oxygen atoms in total. The molecule has 0 saturated heterocycles. The average molecular weight is 337 g/mol. The summed E-state index contributed by atoms with van der Waals surface area (Å²) >= 11 is 1.23. The highest BCUT2D eigenvalue weighted by Gasteiger charge is 2.23. The Bertz CT molecular complexity index is 790. The van der Waals surface area contributed by atoms with Gasteiger partial charge in [0.25, 0.3) is 11.5 Å². The van der Waals surface area contributed by atoms with E-state index in [9.17, 15) is 14.7 Å². The lowest BCUT2D eigenvalue weighted by molar-refractivity contribution is 0.0905. The van der Waals surface area contributed by atoms with Crippen LogP contribution in [0.4, 0.5) is 0 Å². The highest BCUT2D eigenvalue weighted by molar-refractivity contribution is 7.20. The molecule has 2 N–H and O–H groups in total. The van der Waals surface area contributed by atoms with E-state index < -0.39 is 6.10 Å². The van der Waals surface area contributed by atoms with Gasteiger partial charge >= 0.3 is 0 Å². The fourth-order valence-corrected chi connectivity index (χ4v) is 3.75. The van der Waals surface area contributed by atoms with Crippen LogP contribution in [0.5, 0.6) is 0 Å². The van der Waals surface area contributed by atoms with Crippen molar-refractivity contribution in [2.24, 2.45) is 12.5 Å². The molecule has 0 aliphatic rings. The van der Waals surface area contributed by atoms with Crippen LogP contribution in [0.15, 0.2) is 11.1 Å². The van der Waals surface area contributed by atoms with Gasteiger partial charge in [-0.15, -0.1) is 11.3 Å². The predicted octanol–water partition coefficient (Wildman–Crippen LogP) is 1.83. The van der Waals surface area contributed by atoms with Gasteiger partial charge in [-0.1, -0.05) is 13.8 Å². The molecule has 126 valence electrons. The van der Waals surface area contributed by atoms with E-state index in [2.05, 4.69) is 10.3 Å². The summed E-state index contributed by atoms with van der Waals surface area (Å²) in [5.41, 5.74) is 0.324. The summed E-state index contributed by atoms with van der Waals surface area (Å²) in [6.45, 7) is 7.96. The van der Waals surface area contributed by atoms with E-state index in [1.54, 1.807) is 20.9 Å². The van der Waals surface area contributed by atoms with Crippen molar-refractivity contribution in [1.82, 2.24) is 14.9 Å². The van der Waals surface area contributed by atoms with Crippen LogP contribution in [0.3, 0.4) is 0 Å². The van der Waals surface area contributed by atoms with E-state index >= 15 is 0 Å². The van der Waals surface area contributed by atoms with Crippen molar-refractivity contribution < 1.29 is 9.90 Å². The van der Waals surface area contributed by atoms with Crippen LogP contribution >= 0.6 is 11.3 Å². The predicted molar refractivity (Wildman–Crippen MR) is 92.0 cm³/mol. The molecule has 0 aliphatic carbocycles. The number of carbonyl (C=O) groups is 1. The number of thiophene rings is 1. The van der Waals surface area contributed by atoms with Crippen LogP contribution in [-0.4, -0.2) is 33.2 Å². The molecule has 2 aromatic heterocycles. The van der Waals surface area contributed by atoms with E-state index in [4.69, 9.17) is 0 Å². The van der Waals surface area contributed by atoms with E-state index in [-0.39, 0.29) is 16.9 Å². The molecule has 0 aromatic carbocycles. The minimum atomic E-state index is -0.416. The standard InChI is InChI=1S/C16H23N3O3S/c1-9(20)6-16(3,4)7-17-13(21)12-10(2)11-14(23-12)18-8-19(5)15(11)22/h8-9,20H,6-7H2,1-5H3,(H,17,21). The third kappa shape index (κ3) is 3.79. The molecular weight excluding hydrogens is 314 g/mol. The van der Waals surface area contributed by atoms with Crippen molar-refractivity contribution in [2.75, 3.05) is 6.54 Å². The van der Waals surface area contributed by atoms with Gasteiger partial charge in [-0.05, 0) is 31.2 Å². The number of aliphatic hydroxyl groups excluding tert-OH is 1. The highest BCUT2D eigenvalue weighted by Crippen LogP contribution is 2.27. The third-order valence-electron chi connectivity index (χ3n) is 3.79. The number of aryl methyl sites for hydroxylation is 2. The van der Waals surface area contributed by atoms with Crippen molar-refractivity contribution in [3.63, 3.8) is 0 Å². The lowest BCUT2D eigenvalue weighted by atomic mass is 9.87. The molecule has 0 saturated carbocycles. The summed E-state index contributed by atoms with van der Waals surface area (Å²) in [5.74, 6) is -0.203. The third-order valence-corrected chi connectivity index (χ3v) is 4.99. The smallest absolute Gasteiger partial charge is 0.262 e. The maximum atomic E-state index is 12.5. The van der Waals surface area contributed by atoms with E-state index in [1.807, 2.05) is 13.8 Å².